The third-order valence-corrected chi connectivity index (χ3v) is 3.07. The number of likely N-dealkylation sites (tertiary alicyclic amines) is 1. The number of hydrogen-bond acceptors (Lipinski definition) is 4. The lowest BCUT2D eigenvalue weighted by atomic mass is 9.92. The zero-order valence-electron chi connectivity index (χ0n) is 9.58. The van der Waals surface area contributed by atoms with E-state index in [1.807, 2.05) is 0 Å². The summed E-state index contributed by atoms with van der Waals surface area (Å²) in [6, 6.07) is 0. The Morgan fingerprint density at radius 1 is 1.47 bits per heavy atom. The second kappa shape index (κ2) is 6.93. The van der Waals surface area contributed by atoms with Crippen LogP contribution in [0.5, 0.6) is 0 Å². The highest BCUT2D eigenvalue weighted by Gasteiger charge is 2.23. The first kappa shape index (κ1) is 12.6. The summed E-state index contributed by atoms with van der Waals surface area (Å²) in [5.41, 5.74) is 5.36. The van der Waals surface area contributed by atoms with Crippen molar-refractivity contribution < 1.29 is 9.53 Å². The Hall–Kier alpha value is -0.450. The van der Waals surface area contributed by atoms with E-state index in [-0.39, 0.29) is 18.2 Å². The van der Waals surface area contributed by atoms with Gasteiger partial charge in [0, 0.05) is 26.2 Å². The maximum Gasteiger partial charge on any atom is 0.149 e. The van der Waals surface area contributed by atoms with Crippen LogP contribution in [0.25, 0.3) is 0 Å². The van der Waals surface area contributed by atoms with Gasteiger partial charge in [-0.25, -0.2) is 0 Å². The first-order chi connectivity index (χ1) is 7.27. The summed E-state index contributed by atoms with van der Waals surface area (Å²) in [7, 11) is 1.73. The Morgan fingerprint density at radius 3 is 2.67 bits per heavy atom. The lowest BCUT2D eigenvalue weighted by Crippen LogP contribution is -2.38. The van der Waals surface area contributed by atoms with Crippen LogP contribution < -0.4 is 5.73 Å². The number of carbonyl (C=O) groups excluding carboxylic acids is 1. The average Bonchev–Trinajstić information content (AvgIpc) is 2.29. The lowest BCUT2D eigenvalue weighted by Gasteiger charge is -2.30. The van der Waals surface area contributed by atoms with Gasteiger partial charge in [0.25, 0.3) is 0 Å². The number of carbonyl (C=O) groups is 1. The SMILES string of the molecule is COCCCN1CCC(C(=O)CN)CC1. The summed E-state index contributed by atoms with van der Waals surface area (Å²) >= 11 is 0. The Morgan fingerprint density at radius 2 is 2.13 bits per heavy atom. The first-order valence-corrected chi connectivity index (χ1v) is 5.72. The molecule has 0 bridgehead atoms. The van der Waals surface area contributed by atoms with Gasteiger partial charge in [-0.2, -0.15) is 0 Å². The van der Waals surface area contributed by atoms with Crippen LogP contribution in [-0.4, -0.2) is 50.6 Å². The number of Topliss-reactive ketones (excluding diaryl/α,β-unsaturated/α-hetero) is 1. The molecule has 2 N–H and O–H groups in total. The van der Waals surface area contributed by atoms with E-state index in [0.29, 0.717) is 0 Å². The number of methoxy groups -OCH3 is 1. The fraction of sp³-hybridized carbons (Fsp3) is 0.909. The van der Waals surface area contributed by atoms with Crippen molar-refractivity contribution in [2.75, 3.05) is 39.9 Å². The third kappa shape index (κ3) is 4.28. The first-order valence-electron chi connectivity index (χ1n) is 5.72. The Bertz CT molecular complexity index is 189. The molecular weight excluding hydrogens is 192 g/mol. The predicted molar refractivity (Wildman–Crippen MR) is 59.7 cm³/mol. The molecule has 0 aromatic carbocycles. The maximum atomic E-state index is 11.4. The summed E-state index contributed by atoms with van der Waals surface area (Å²) in [6.07, 6.45) is 3.03. The van der Waals surface area contributed by atoms with Crippen molar-refractivity contribution >= 4 is 5.78 Å². The van der Waals surface area contributed by atoms with Crippen LogP contribution in [-0.2, 0) is 9.53 Å². The molecule has 1 aliphatic rings. The van der Waals surface area contributed by atoms with Gasteiger partial charge in [0.15, 0.2) is 0 Å². The second-order valence-corrected chi connectivity index (χ2v) is 4.13. The van der Waals surface area contributed by atoms with E-state index in [4.69, 9.17) is 10.5 Å². The number of ketones is 1. The van der Waals surface area contributed by atoms with Crippen molar-refractivity contribution in [1.29, 1.82) is 0 Å². The maximum absolute atomic E-state index is 11.4. The molecule has 4 nitrogen and oxygen atoms in total. The average molecular weight is 214 g/mol. The molecule has 0 aliphatic carbocycles. The number of ether oxygens (including phenoxy) is 1. The molecule has 0 radical (unpaired) electrons. The van der Waals surface area contributed by atoms with Crippen molar-refractivity contribution in [2.24, 2.45) is 11.7 Å². The highest BCUT2D eigenvalue weighted by molar-refractivity contribution is 5.82. The molecule has 0 aromatic heterocycles. The number of nitrogens with zero attached hydrogens (tertiary/aromatic N) is 1. The van der Waals surface area contributed by atoms with Crippen LogP contribution in [0.15, 0.2) is 0 Å². The summed E-state index contributed by atoms with van der Waals surface area (Å²) < 4.78 is 5.01. The largest absolute Gasteiger partial charge is 0.385 e. The van der Waals surface area contributed by atoms with Gasteiger partial charge in [-0.05, 0) is 32.4 Å². The quantitative estimate of drug-likeness (QED) is 0.645. The van der Waals surface area contributed by atoms with Crippen LogP contribution >= 0.6 is 0 Å². The lowest BCUT2D eigenvalue weighted by molar-refractivity contribution is -0.122. The van der Waals surface area contributed by atoms with Crippen LogP contribution in [0.4, 0.5) is 0 Å². The van der Waals surface area contributed by atoms with Crippen LogP contribution in [0.2, 0.25) is 0 Å². The Balaban J connectivity index is 2.15. The standard InChI is InChI=1S/C11H22N2O2/c1-15-8-2-5-13-6-3-10(4-7-13)11(14)9-12/h10H,2-9,12H2,1H3. The third-order valence-electron chi connectivity index (χ3n) is 3.07. The molecular formula is C11H22N2O2. The second-order valence-electron chi connectivity index (χ2n) is 4.13. The molecule has 0 aromatic rings. The molecule has 88 valence electrons. The predicted octanol–water partition coefficient (Wildman–Crippen LogP) is 0.263. The highest BCUT2D eigenvalue weighted by Crippen LogP contribution is 2.17. The zero-order valence-corrected chi connectivity index (χ0v) is 9.58. The van der Waals surface area contributed by atoms with Gasteiger partial charge in [0.1, 0.15) is 5.78 Å². The van der Waals surface area contributed by atoms with Gasteiger partial charge in [-0.15, -0.1) is 0 Å². The van der Waals surface area contributed by atoms with Crippen molar-refractivity contribution in [3.8, 4) is 0 Å². The molecule has 1 heterocycles. The monoisotopic (exact) mass is 214 g/mol. The minimum atomic E-state index is 0.203. The van der Waals surface area contributed by atoms with Crippen molar-refractivity contribution in [2.45, 2.75) is 19.3 Å². The number of piperidine rings is 1. The van der Waals surface area contributed by atoms with E-state index < -0.39 is 0 Å². The Kier molecular flexibility index (Phi) is 5.83. The van der Waals surface area contributed by atoms with E-state index in [1.54, 1.807) is 7.11 Å². The molecule has 0 atom stereocenters. The molecule has 1 aliphatic heterocycles. The Labute approximate surface area is 91.8 Å². The van der Waals surface area contributed by atoms with Crippen LogP contribution in [0, 0.1) is 5.92 Å². The molecule has 1 rings (SSSR count). The summed E-state index contributed by atoms with van der Waals surface area (Å²) in [5, 5.41) is 0. The number of hydrogen-bond donors (Lipinski definition) is 1. The minimum Gasteiger partial charge on any atom is -0.385 e. The topological polar surface area (TPSA) is 55.6 Å². The van der Waals surface area contributed by atoms with Gasteiger partial charge in [0.2, 0.25) is 0 Å². The molecule has 0 amide bonds. The smallest absolute Gasteiger partial charge is 0.149 e. The van der Waals surface area contributed by atoms with E-state index in [0.717, 1.165) is 45.5 Å². The van der Waals surface area contributed by atoms with Gasteiger partial charge < -0.3 is 15.4 Å². The van der Waals surface area contributed by atoms with Gasteiger partial charge in [-0.3, -0.25) is 4.79 Å². The van der Waals surface area contributed by atoms with Crippen molar-refractivity contribution in [1.82, 2.24) is 4.90 Å². The summed E-state index contributed by atoms with van der Waals surface area (Å²) in [4.78, 5) is 13.8. The van der Waals surface area contributed by atoms with Gasteiger partial charge >= 0.3 is 0 Å². The van der Waals surface area contributed by atoms with Crippen LogP contribution in [0.1, 0.15) is 19.3 Å². The molecule has 15 heavy (non-hydrogen) atoms. The van der Waals surface area contributed by atoms with Crippen LogP contribution in [0.3, 0.4) is 0 Å². The molecule has 1 saturated heterocycles. The van der Waals surface area contributed by atoms with Gasteiger partial charge in [-0.1, -0.05) is 0 Å². The van der Waals surface area contributed by atoms with Crippen molar-refractivity contribution in [3.05, 3.63) is 0 Å². The van der Waals surface area contributed by atoms with E-state index in [1.165, 1.54) is 0 Å². The van der Waals surface area contributed by atoms with E-state index in [9.17, 15) is 4.79 Å². The molecule has 0 unspecified atom stereocenters. The molecule has 1 fully saturated rings. The highest BCUT2D eigenvalue weighted by atomic mass is 16.5. The molecule has 0 spiro atoms. The van der Waals surface area contributed by atoms with Crippen molar-refractivity contribution in [3.63, 3.8) is 0 Å². The zero-order chi connectivity index (χ0) is 11.1. The fourth-order valence-electron chi connectivity index (χ4n) is 2.08. The fourth-order valence-corrected chi connectivity index (χ4v) is 2.08. The summed E-state index contributed by atoms with van der Waals surface area (Å²) in [5.74, 6) is 0.445. The molecule has 4 heteroatoms. The molecule has 0 saturated carbocycles. The van der Waals surface area contributed by atoms with E-state index >= 15 is 0 Å². The number of nitrogens with two attached hydrogens (primary N) is 1. The normalized spacial score (nSPS) is 19.3. The minimum absolute atomic E-state index is 0.203. The number of rotatable bonds is 6. The van der Waals surface area contributed by atoms with Gasteiger partial charge in [0.05, 0.1) is 6.54 Å². The van der Waals surface area contributed by atoms with E-state index in [2.05, 4.69) is 4.90 Å². The summed E-state index contributed by atoms with van der Waals surface area (Å²) in [6.45, 7) is 4.16.